The second-order valence-electron chi connectivity index (χ2n) is 4.37. The molecular formula is C13H19NO2. The number of phenolic OH excluding ortho intramolecular Hbond substituents is 1. The van der Waals surface area contributed by atoms with Crippen LogP contribution in [0.15, 0.2) is 12.1 Å². The van der Waals surface area contributed by atoms with E-state index in [0.29, 0.717) is 11.7 Å². The van der Waals surface area contributed by atoms with Gasteiger partial charge in [-0.25, -0.2) is 0 Å². The van der Waals surface area contributed by atoms with Crippen LogP contribution in [0.1, 0.15) is 29.9 Å². The molecule has 1 aromatic rings. The summed E-state index contributed by atoms with van der Waals surface area (Å²) in [4.78, 5) is 0. The van der Waals surface area contributed by atoms with E-state index in [0.717, 1.165) is 36.4 Å². The lowest BCUT2D eigenvalue weighted by atomic mass is 9.89. The Morgan fingerprint density at radius 2 is 2.25 bits per heavy atom. The molecular weight excluding hydrogens is 202 g/mol. The molecule has 0 radical (unpaired) electrons. The highest BCUT2D eigenvalue weighted by atomic mass is 16.5. The van der Waals surface area contributed by atoms with E-state index >= 15 is 0 Å². The third-order valence-electron chi connectivity index (χ3n) is 3.37. The number of benzene rings is 1. The SMILES string of the molecule is COc1ccc(C2CCCNC2)c(O)c1C. The largest absolute Gasteiger partial charge is 0.507 e. The van der Waals surface area contributed by atoms with E-state index in [1.54, 1.807) is 7.11 Å². The second-order valence-corrected chi connectivity index (χ2v) is 4.37. The van der Waals surface area contributed by atoms with E-state index in [1.807, 2.05) is 19.1 Å². The number of rotatable bonds is 2. The van der Waals surface area contributed by atoms with Gasteiger partial charge in [-0.2, -0.15) is 0 Å². The molecule has 88 valence electrons. The molecule has 1 fully saturated rings. The molecule has 1 aliphatic rings. The lowest BCUT2D eigenvalue weighted by Crippen LogP contribution is -2.28. The van der Waals surface area contributed by atoms with Crippen LogP contribution in [0.5, 0.6) is 11.5 Å². The van der Waals surface area contributed by atoms with E-state index in [9.17, 15) is 5.11 Å². The number of phenols is 1. The van der Waals surface area contributed by atoms with Crippen LogP contribution in [0.2, 0.25) is 0 Å². The van der Waals surface area contributed by atoms with E-state index in [1.165, 1.54) is 6.42 Å². The maximum Gasteiger partial charge on any atom is 0.125 e. The fourth-order valence-corrected chi connectivity index (χ4v) is 2.37. The number of methoxy groups -OCH3 is 1. The summed E-state index contributed by atoms with van der Waals surface area (Å²) in [5.41, 5.74) is 1.89. The Kier molecular flexibility index (Phi) is 3.34. The van der Waals surface area contributed by atoms with Crippen molar-refractivity contribution in [3.63, 3.8) is 0 Å². The molecule has 3 heteroatoms. The summed E-state index contributed by atoms with van der Waals surface area (Å²) in [6, 6.07) is 3.93. The van der Waals surface area contributed by atoms with E-state index in [4.69, 9.17) is 4.74 Å². The molecule has 0 saturated carbocycles. The van der Waals surface area contributed by atoms with Crippen molar-refractivity contribution in [1.29, 1.82) is 0 Å². The number of piperidine rings is 1. The first-order valence-electron chi connectivity index (χ1n) is 5.81. The number of hydrogen-bond donors (Lipinski definition) is 2. The predicted molar refractivity (Wildman–Crippen MR) is 64.2 cm³/mol. The number of hydrogen-bond acceptors (Lipinski definition) is 3. The third kappa shape index (κ3) is 2.00. The lowest BCUT2D eigenvalue weighted by molar-refractivity contribution is 0.394. The van der Waals surface area contributed by atoms with Crippen molar-refractivity contribution < 1.29 is 9.84 Å². The van der Waals surface area contributed by atoms with Crippen molar-refractivity contribution in [3.05, 3.63) is 23.3 Å². The Morgan fingerprint density at radius 1 is 1.44 bits per heavy atom. The monoisotopic (exact) mass is 221 g/mol. The second kappa shape index (κ2) is 4.74. The van der Waals surface area contributed by atoms with Gasteiger partial charge in [0.15, 0.2) is 0 Å². The van der Waals surface area contributed by atoms with E-state index in [2.05, 4.69) is 5.32 Å². The molecule has 2 N–H and O–H groups in total. The molecule has 3 nitrogen and oxygen atoms in total. The van der Waals surface area contributed by atoms with Gasteiger partial charge in [-0.1, -0.05) is 6.07 Å². The molecule has 1 aliphatic heterocycles. The summed E-state index contributed by atoms with van der Waals surface area (Å²) >= 11 is 0. The van der Waals surface area contributed by atoms with E-state index < -0.39 is 0 Å². The summed E-state index contributed by atoms with van der Waals surface area (Å²) < 4.78 is 5.19. The number of ether oxygens (including phenoxy) is 1. The predicted octanol–water partition coefficient (Wildman–Crippen LogP) is 2.18. The van der Waals surface area contributed by atoms with Crippen molar-refractivity contribution in [2.45, 2.75) is 25.7 Å². The maximum absolute atomic E-state index is 10.2. The average molecular weight is 221 g/mol. The normalized spacial score (nSPS) is 20.8. The van der Waals surface area contributed by atoms with Crippen LogP contribution < -0.4 is 10.1 Å². The first-order chi connectivity index (χ1) is 7.74. The molecule has 0 aromatic heterocycles. The Morgan fingerprint density at radius 3 is 2.88 bits per heavy atom. The zero-order valence-electron chi connectivity index (χ0n) is 9.92. The van der Waals surface area contributed by atoms with Crippen LogP contribution in [-0.4, -0.2) is 25.3 Å². The number of nitrogens with one attached hydrogen (secondary N) is 1. The molecule has 0 bridgehead atoms. The molecule has 16 heavy (non-hydrogen) atoms. The highest BCUT2D eigenvalue weighted by molar-refractivity contribution is 5.49. The maximum atomic E-state index is 10.2. The zero-order chi connectivity index (χ0) is 11.5. The molecule has 1 saturated heterocycles. The van der Waals surface area contributed by atoms with Crippen LogP contribution >= 0.6 is 0 Å². The standard InChI is InChI=1S/C13H19NO2/c1-9-12(16-2)6-5-11(13(9)15)10-4-3-7-14-8-10/h5-6,10,14-15H,3-4,7-8H2,1-2H3. The molecule has 0 amide bonds. The smallest absolute Gasteiger partial charge is 0.125 e. The van der Waals surface area contributed by atoms with Gasteiger partial charge < -0.3 is 15.2 Å². The molecule has 1 atom stereocenters. The van der Waals surface area contributed by atoms with Crippen molar-refractivity contribution in [1.82, 2.24) is 5.32 Å². The third-order valence-corrected chi connectivity index (χ3v) is 3.37. The van der Waals surface area contributed by atoms with Crippen LogP contribution in [0, 0.1) is 6.92 Å². The molecule has 1 heterocycles. The average Bonchev–Trinajstić information content (AvgIpc) is 2.34. The Labute approximate surface area is 96.4 Å². The quantitative estimate of drug-likeness (QED) is 0.804. The van der Waals surface area contributed by atoms with Gasteiger partial charge in [-0.05, 0) is 37.9 Å². The summed E-state index contributed by atoms with van der Waals surface area (Å²) in [6.07, 6.45) is 2.32. The van der Waals surface area contributed by atoms with Gasteiger partial charge in [0.05, 0.1) is 7.11 Å². The van der Waals surface area contributed by atoms with Gasteiger partial charge in [0.25, 0.3) is 0 Å². The first kappa shape index (κ1) is 11.3. The molecule has 2 rings (SSSR count). The fraction of sp³-hybridized carbons (Fsp3) is 0.538. The highest BCUT2D eigenvalue weighted by Crippen LogP contribution is 2.36. The van der Waals surface area contributed by atoms with Crippen LogP contribution in [-0.2, 0) is 0 Å². The van der Waals surface area contributed by atoms with Gasteiger partial charge >= 0.3 is 0 Å². The Bertz CT molecular complexity index is 370. The van der Waals surface area contributed by atoms with Crippen molar-refractivity contribution in [3.8, 4) is 11.5 Å². The van der Waals surface area contributed by atoms with Crippen molar-refractivity contribution in [2.75, 3.05) is 20.2 Å². The summed E-state index contributed by atoms with van der Waals surface area (Å²) in [7, 11) is 1.63. The van der Waals surface area contributed by atoms with Crippen molar-refractivity contribution >= 4 is 0 Å². The van der Waals surface area contributed by atoms with Gasteiger partial charge in [0, 0.05) is 18.0 Å². The molecule has 1 unspecified atom stereocenters. The zero-order valence-corrected chi connectivity index (χ0v) is 9.92. The van der Waals surface area contributed by atoms with Crippen LogP contribution in [0.25, 0.3) is 0 Å². The number of aromatic hydroxyl groups is 1. The van der Waals surface area contributed by atoms with Gasteiger partial charge in [0.1, 0.15) is 11.5 Å². The van der Waals surface area contributed by atoms with Crippen molar-refractivity contribution in [2.24, 2.45) is 0 Å². The lowest BCUT2D eigenvalue weighted by Gasteiger charge is -2.24. The minimum atomic E-state index is 0.396. The summed E-state index contributed by atoms with van der Waals surface area (Å²) in [6.45, 7) is 3.94. The van der Waals surface area contributed by atoms with Gasteiger partial charge in [-0.15, -0.1) is 0 Å². The van der Waals surface area contributed by atoms with Crippen LogP contribution in [0.4, 0.5) is 0 Å². The summed E-state index contributed by atoms with van der Waals surface area (Å²) in [5.74, 6) is 1.58. The molecule has 0 spiro atoms. The van der Waals surface area contributed by atoms with E-state index in [-0.39, 0.29) is 0 Å². The van der Waals surface area contributed by atoms with Gasteiger partial charge in [-0.3, -0.25) is 0 Å². The molecule has 1 aromatic carbocycles. The topological polar surface area (TPSA) is 41.5 Å². The minimum absolute atomic E-state index is 0.396. The van der Waals surface area contributed by atoms with Crippen LogP contribution in [0.3, 0.4) is 0 Å². The fourth-order valence-electron chi connectivity index (χ4n) is 2.37. The highest BCUT2D eigenvalue weighted by Gasteiger charge is 2.20. The van der Waals surface area contributed by atoms with Gasteiger partial charge in [0.2, 0.25) is 0 Å². The molecule has 0 aliphatic carbocycles. The minimum Gasteiger partial charge on any atom is -0.507 e. The Balaban J connectivity index is 2.30. The Hall–Kier alpha value is -1.22. The summed E-state index contributed by atoms with van der Waals surface area (Å²) in [5, 5.41) is 13.5. The first-order valence-corrected chi connectivity index (χ1v) is 5.81.